The van der Waals surface area contributed by atoms with Gasteiger partial charge in [0.25, 0.3) is 10.0 Å². The van der Waals surface area contributed by atoms with Gasteiger partial charge < -0.3 is 9.67 Å². The summed E-state index contributed by atoms with van der Waals surface area (Å²) in [5, 5.41) is 9.25. The molecule has 0 bridgehead atoms. The minimum absolute atomic E-state index is 0.140. The lowest BCUT2D eigenvalue weighted by Crippen LogP contribution is -2.13. The summed E-state index contributed by atoms with van der Waals surface area (Å²) in [5.41, 5.74) is 2.82. The normalized spacial score (nSPS) is 11.3. The largest absolute Gasteiger partial charge is 0.477 e. The third-order valence-corrected chi connectivity index (χ3v) is 5.36. The van der Waals surface area contributed by atoms with Gasteiger partial charge in [0.05, 0.1) is 4.90 Å². The molecular weight excluding hydrogens is 352 g/mol. The van der Waals surface area contributed by atoms with Crippen molar-refractivity contribution in [2.24, 2.45) is 0 Å². The van der Waals surface area contributed by atoms with Gasteiger partial charge >= 0.3 is 5.97 Å². The fourth-order valence-electron chi connectivity index (χ4n) is 2.75. The van der Waals surface area contributed by atoms with Crippen LogP contribution in [0.1, 0.15) is 21.6 Å². The van der Waals surface area contributed by atoms with E-state index in [1.54, 1.807) is 54.1 Å². The van der Waals surface area contributed by atoms with Gasteiger partial charge in [-0.25, -0.2) is 13.2 Å². The first-order valence-electron chi connectivity index (χ1n) is 7.89. The highest BCUT2D eigenvalue weighted by Gasteiger charge is 2.16. The van der Waals surface area contributed by atoms with Crippen molar-refractivity contribution in [3.63, 3.8) is 0 Å². The van der Waals surface area contributed by atoms with Crippen LogP contribution in [0.15, 0.2) is 65.7 Å². The van der Waals surface area contributed by atoms with Gasteiger partial charge in [-0.05, 0) is 67.4 Å². The SMILES string of the molecule is Cc1cccc(S(=O)(=O)Nc2ccc(-n3cccc3C(=O)O)c(C)c2)c1. The van der Waals surface area contributed by atoms with Gasteiger partial charge in [-0.15, -0.1) is 0 Å². The zero-order valence-electron chi connectivity index (χ0n) is 14.3. The van der Waals surface area contributed by atoms with Crippen molar-refractivity contribution in [3.05, 3.63) is 77.6 Å². The maximum Gasteiger partial charge on any atom is 0.352 e. The number of carbonyl (C=O) groups is 1. The van der Waals surface area contributed by atoms with E-state index in [9.17, 15) is 18.3 Å². The maximum absolute atomic E-state index is 12.5. The number of carboxylic acid groups (broad SMARTS) is 1. The zero-order valence-corrected chi connectivity index (χ0v) is 15.1. The summed E-state index contributed by atoms with van der Waals surface area (Å²) in [4.78, 5) is 11.5. The van der Waals surface area contributed by atoms with E-state index in [1.165, 1.54) is 12.1 Å². The first-order valence-corrected chi connectivity index (χ1v) is 9.37. The van der Waals surface area contributed by atoms with Crippen LogP contribution in [0.2, 0.25) is 0 Å². The molecule has 0 spiro atoms. The number of aromatic carboxylic acids is 1. The van der Waals surface area contributed by atoms with Gasteiger partial charge in [0, 0.05) is 17.6 Å². The number of carboxylic acids is 1. The van der Waals surface area contributed by atoms with Gasteiger partial charge in [0.1, 0.15) is 5.69 Å². The molecule has 1 heterocycles. The van der Waals surface area contributed by atoms with Crippen molar-refractivity contribution in [1.82, 2.24) is 4.57 Å². The molecule has 0 fully saturated rings. The second-order valence-corrected chi connectivity index (χ2v) is 7.67. The molecule has 1 aromatic heterocycles. The average molecular weight is 370 g/mol. The summed E-state index contributed by atoms with van der Waals surface area (Å²) in [6.07, 6.45) is 1.66. The van der Waals surface area contributed by atoms with Gasteiger partial charge in [-0.2, -0.15) is 0 Å². The van der Waals surface area contributed by atoms with Crippen LogP contribution in [0, 0.1) is 13.8 Å². The lowest BCUT2D eigenvalue weighted by atomic mass is 10.1. The Kier molecular flexibility index (Phi) is 4.56. The number of sulfonamides is 1. The quantitative estimate of drug-likeness (QED) is 0.718. The van der Waals surface area contributed by atoms with Crippen molar-refractivity contribution in [1.29, 1.82) is 0 Å². The van der Waals surface area contributed by atoms with E-state index in [1.807, 2.05) is 13.0 Å². The van der Waals surface area contributed by atoms with Crippen LogP contribution in [0.25, 0.3) is 5.69 Å². The molecule has 0 unspecified atom stereocenters. The third kappa shape index (κ3) is 3.48. The number of aryl methyl sites for hydroxylation is 2. The van der Waals surface area contributed by atoms with E-state index < -0.39 is 16.0 Å². The van der Waals surface area contributed by atoms with Crippen LogP contribution < -0.4 is 4.72 Å². The van der Waals surface area contributed by atoms with Crippen LogP contribution in [0.3, 0.4) is 0 Å². The number of nitrogens with zero attached hydrogens (tertiary/aromatic N) is 1. The highest BCUT2D eigenvalue weighted by Crippen LogP contribution is 2.23. The molecule has 0 aliphatic carbocycles. The summed E-state index contributed by atoms with van der Waals surface area (Å²) < 4.78 is 29.2. The van der Waals surface area contributed by atoms with E-state index in [-0.39, 0.29) is 10.6 Å². The van der Waals surface area contributed by atoms with E-state index in [2.05, 4.69) is 4.72 Å². The predicted molar refractivity (Wildman–Crippen MR) is 99.5 cm³/mol. The van der Waals surface area contributed by atoms with Gasteiger partial charge in [0.2, 0.25) is 0 Å². The van der Waals surface area contributed by atoms with Crippen LogP contribution in [0.5, 0.6) is 0 Å². The highest BCUT2D eigenvalue weighted by atomic mass is 32.2. The Morgan fingerprint density at radius 3 is 2.46 bits per heavy atom. The molecule has 7 heteroatoms. The van der Waals surface area contributed by atoms with Gasteiger partial charge in [-0.1, -0.05) is 12.1 Å². The maximum atomic E-state index is 12.5. The molecule has 0 amide bonds. The average Bonchev–Trinajstić information content (AvgIpc) is 3.04. The Balaban J connectivity index is 1.93. The Labute approximate surface area is 151 Å². The first-order chi connectivity index (χ1) is 12.3. The van der Waals surface area contributed by atoms with E-state index >= 15 is 0 Å². The molecule has 2 N–H and O–H groups in total. The molecule has 0 aliphatic heterocycles. The minimum Gasteiger partial charge on any atom is -0.477 e. The standard InChI is InChI=1S/C19H18N2O4S/c1-13-5-3-6-16(11-13)26(24,25)20-15-8-9-17(14(2)12-15)21-10-4-7-18(21)19(22)23/h3-12,20H,1-2H3,(H,22,23). The van der Waals surface area contributed by atoms with Crippen LogP contribution >= 0.6 is 0 Å². The highest BCUT2D eigenvalue weighted by molar-refractivity contribution is 7.92. The van der Waals surface area contributed by atoms with E-state index in [4.69, 9.17) is 0 Å². The number of nitrogens with one attached hydrogen (secondary N) is 1. The predicted octanol–water partition coefficient (Wildman–Crippen LogP) is 3.59. The summed E-state index contributed by atoms with van der Waals surface area (Å²) in [5.74, 6) is -1.03. The van der Waals surface area contributed by atoms with Crippen LogP contribution in [-0.4, -0.2) is 24.1 Å². The molecule has 134 valence electrons. The first kappa shape index (κ1) is 17.8. The number of rotatable bonds is 5. The smallest absolute Gasteiger partial charge is 0.352 e. The topological polar surface area (TPSA) is 88.4 Å². The fourth-order valence-corrected chi connectivity index (χ4v) is 3.90. The molecule has 3 rings (SSSR count). The molecule has 3 aromatic rings. The molecule has 0 atom stereocenters. The lowest BCUT2D eigenvalue weighted by molar-refractivity contribution is 0.0688. The van der Waals surface area contributed by atoms with Gasteiger partial charge in [0.15, 0.2) is 0 Å². The fraction of sp³-hybridized carbons (Fsp3) is 0.105. The van der Waals surface area contributed by atoms with Crippen molar-refractivity contribution in [2.75, 3.05) is 4.72 Å². The Morgan fingerprint density at radius 2 is 1.81 bits per heavy atom. The van der Waals surface area contributed by atoms with E-state index in [0.29, 0.717) is 11.4 Å². The van der Waals surface area contributed by atoms with Gasteiger partial charge in [-0.3, -0.25) is 4.72 Å². The number of anilines is 1. The van der Waals surface area contributed by atoms with Crippen molar-refractivity contribution >= 4 is 21.7 Å². The molecule has 6 nitrogen and oxygen atoms in total. The molecule has 0 saturated heterocycles. The molecule has 26 heavy (non-hydrogen) atoms. The number of aromatic nitrogens is 1. The van der Waals surface area contributed by atoms with Crippen molar-refractivity contribution < 1.29 is 18.3 Å². The third-order valence-electron chi connectivity index (χ3n) is 3.98. The van der Waals surface area contributed by atoms with Crippen LogP contribution in [0.4, 0.5) is 5.69 Å². The number of hydrogen-bond donors (Lipinski definition) is 2. The zero-order chi connectivity index (χ0) is 18.9. The summed E-state index contributed by atoms with van der Waals surface area (Å²) >= 11 is 0. The summed E-state index contributed by atoms with van der Waals surface area (Å²) in [7, 11) is -3.69. The number of hydrogen-bond acceptors (Lipinski definition) is 3. The summed E-state index contributed by atoms with van der Waals surface area (Å²) in [6, 6.07) is 14.8. The van der Waals surface area contributed by atoms with Crippen molar-refractivity contribution in [3.8, 4) is 5.69 Å². The second kappa shape index (κ2) is 6.68. The monoisotopic (exact) mass is 370 g/mol. The van der Waals surface area contributed by atoms with Crippen LogP contribution in [-0.2, 0) is 10.0 Å². The van der Waals surface area contributed by atoms with Crippen molar-refractivity contribution in [2.45, 2.75) is 18.7 Å². The number of benzene rings is 2. The lowest BCUT2D eigenvalue weighted by Gasteiger charge is -2.13. The molecular formula is C19H18N2O4S. The Bertz CT molecular complexity index is 1080. The minimum atomic E-state index is -3.69. The summed E-state index contributed by atoms with van der Waals surface area (Å²) in [6.45, 7) is 3.63. The Morgan fingerprint density at radius 1 is 1.04 bits per heavy atom. The Hall–Kier alpha value is -3.06. The molecule has 2 aromatic carbocycles. The molecule has 0 radical (unpaired) electrons. The molecule has 0 aliphatic rings. The molecule has 0 saturated carbocycles. The van der Waals surface area contributed by atoms with E-state index in [0.717, 1.165) is 11.1 Å². The second-order valence-electron chi connectivity index (χ2n) is 5.99.